The maximum absolute atomic E-state index is 12.4. The van der Waals surface area contributed by atoms with Crippen molar-refractivity contribution in [2.45, 2.75) is 58.9 Å². The molecule has 1 heterocycles. The van der Waals surface area contributed by atoms with Gasteiger partial charge in [0.15, 0.2) is 0 Å². The molecule has 0 unspecified atom stereocenters. The highest BCUT2D eigenvalue weighted by Crippen LogP contribution is 2.26. The summed E-state index contributed by atoms with van der Waals surface area (Å²) in [5.41, 5.74) is 0.126. The Kier molecular flexibility index (Phi) is 6.84. The summed E-state index contributed by atoms with van der Waals surface area (Å²) in [5, 5.41) is 3.30. The van der Waals surface area contributed by atoms with Gasteiger partial charge in [-0.05, 0) is 37.8 Å². The molecule has 1 rings (SSSR count). The van der Waals surface area contributed by atoms with Crippen molar-refractivity contribution in [2.75, 3.05) is 13.1 Å². The Morgan fingerprint density at radius 3 is 2.48 bits per heavy atom. The largest absolute Gasteiger partial charge is 0.312 e. The molecule has 2 N–H and O–H groups in total. The molecule has 0 aliphatic rings. The van der Waals surface area contributed by atoms with Crippen molar-refractivity contribution in [3.63, 3.8) is 0 Å². The Labute approximate surface area is 133 Å². The molecule has 0 aliphatic heterocycles. The molecule has 0 aromatic carbocycles. The number of thiophene rings is 1. The van der Waals surface area contributed by atoms with E-state index in [-0.39, 0.29) is 5.41 Å². The smallest absolute Gasteiger partial charge is 0.241 e. The van der Waals surface area contributed by atoms with Crippen molar-refractivity contribution in [2.24, 2.45) is 5.41 Å². The molecule has 6 heteroatoms. The van der Waals surface area contributed by atoms with Crippen LogP contribution in [0.4, 0.5) is 0 Å². The summed E-state index contributed by atoms with van der Waals surface area (Å²) in [6, 6.07) is 1.79. The molecule has 4 nitrogen and oxygen atoms in total. The number of nitrogens with one attached hydrogen (secondary N) is 2. The van der Waals surface area contributed by atoms with Crippen LogP contribution in [0.15, 0.2) is 11.0 Å². The number of aryl methyl sites for hydroxylation is 1. The van der Waals surface area contributed by atoms with Gasteiger partial charge >= 0.3 is 0 Å². The first kappa shape index (κ1) is 18.6. The van der Waals surface area contributed by atoms with E-state index in [4.69, 9.17) is 0 Å². The first-order chi connectivity index (χ1) is 9.65. The van der Waals surface area contributed by atoms with Gasteiger partial charge in [0.1, 0.15) is 0 Å². The van der Waals surface area contributed by atoms with Crippen molar-refractivity contribution < 1.29 is 8.42 Å². The molecule has 0 saturated carbocycles. The Morgan fingerprint density at radius 2 is 1.90 bits per heavy atom. The van der Waals surface area contributed by atoms with Crippen LogP contribution in [0.3, 0.4) is 0 Å². The second kappa shape index (κ2) is 7.72. The van der Waals surface area contributed by atoms with E-state index < -0.39 is 10.0 Å². The van der Waals surface area contributed by atoms with Gasteiger partial charge in [0.05, 0.1) is 4.90 Å². The Morgan fingerprint density at radius 1 is 1.24 bits per heavy atom. The lowest BCUT2D eigenvalue weighted by Crippen LogP contribution is -2.27. The number of hydrogen-bond acceptors (Lipinski definition) is 4. The van der Waals surface area contributed by atoms with Crippen LogP contribution in [0.25, 0.3) is 0 Å². The second-order valence-corrected chi connectivity index (χ2v) is 9.59. The SMILES string of the molecule is CCCNCc1cc(S(=O)(=O)NCCC(C)(C)C)c(C)s1. The maximum atomic E-state index is 12.4. The topological polar surface area (TPSA) is 58.2 Å². The average molecular weight is 333 g/mol. The quantitative estimate of drug-likeness (QED) is 0.718. The van der Waals surface area contributed by atoms with Crippen LogP contribution in [-0.2, 0) is 16.6 Å². The van der Waals surface area contributed by atoms with Gasteiger partial charge in [-0.1, -0.05) is 27.7 Å². The molecular weight excluding hydrogens is 304 g/mol. The van der Waals surface area contributed by atoms with Crippen LogP contribution in [-0.4, -0.2) is 21.5 Å². The summed E-state index contributed by atoms with van der Waals surface area (Å²) >= 11 is 1.55. The first-order valence-corrected chi connectivity index (χ1v) is 9.75. The molecule has 0 saturated heterocycles. The molecular formula is C15H28N2O2S2. The van der Waals surface area contributed by atoms with Gasteiger partial charge in [-0.25, -0.2) is 13.1 Å². The predicted molar refractivity (Wildman–Crippen MR) is 90.3 cm³/mol. The Hall–Kier alpha value is -0.430. The molecule has 21 heavy (non-hydrogen) atoms. The molecule has 0 spiro atoms. The van der Waals surface area contributed by atoms with Gasteiger partial charge in [0, 0.05) is 22.8 Å². The minimum absolute atomic E-state index is 0.126. The van der Waals surface area contributed by atoms with E-state index in [1.807, 2.05) is 6.92 Å². The fourth-order valence-corrected chi connectivity index (χ4v) is 4.54. The first-order valence-electron chi connectivity index (χ1n) is 7.45. The zero-order chi connectivity index (χ0) is 16.1. The average Bonchev–Trinajstić information content (AvgIpc) is 2.69. The number of hydrogen-bond donors (Lipinski definition) is 2. The van der Waals surface area contributed by atoms with Gasteiger partial charge in [0.25, 0.3) is 0 Å². The highest BCUT2D eigenvalue weighted by Gasteiger charge is 2.20. The second-order valence-electron chi connectivity index (χ2n) is 6.52. The van der Waals surface area contributed by atoms with E-state index in [0.717, 1.165) is 35.7 Å². The summed E-state index contributed by atoms with van der Waals surface area (Å²) in [7, 11) is -3.39. The molecule has 1 aromatic rings. The standard InChI is InChI=1S/C15H28N2O2S2/c1-6-8-16-11-13-10-14(12(2)20-13)21(18,19)17-9-7-15(3,4)5/h10,16-17H,6-9,11H2,1-5H3. The maximum Gasteiger partial charge on any atom is 0.241 e. The third-order valence-electron chi connectivity index (χ3n) is 3.11. The molecule has 0 amide bonds. The normalized spacial score (nSPS) is 12.8. The van der Waals surface area contributed by atoms with Crippen LogP contribution in [0, 0.1) is 12.3 Å². The van der Waals surface area contributed by atoms with E-state index in [9.17, 15) is 8.42 Å². The van der Waals surface area contributed by atoms with Crippen molar-refractivity contribution in [3.8, 4) is 0 Å². The third-order valence-corrected chi connectivity index (χ3v) is 5.87. The van der Waals surface area contributed by atoms with Crippen LogP contribution in [0.1, 0.15) is 50.3 Å². The van der Waals surface area contributed by atoms with E-state index in [0.29, 0.717) is 11.4 Å². The number of sulfonamides is 1. The Balaban J connectivity index is 2.70. The molecule has 122 valence electrons. The van der Waals surface area contributed by atoms with Crippen molar-refractivity contribution in [3.05, 3.63) is 15.8 Å². The fraction of sp³-hybridized carbons (Fsp3) is 0.733. The highest BCUT2D eigenvalue weighted by atomic mass is 32.2. The highest BCUT2D eigenvalue weighted by molar-refractivity contribution is 7.89. The summed E-state index contributed by atoms with van der Waals surface area (Å²) in [4.78, 5) is 2.35. The Bertz CT molecular complexity index is 543. The van der Waals surface area contributed by atoms with Gasteiger partial charge in [-0.2, -0.15) is 0 Å². The summed E-state index contributed by atoms with van der Waals surface area (Å²) < 4.78 is 27.4. The van der Waals surface area contributed by atoms with E-state index in [2.05, 4.69) is 37.7 Å². The fourth-order valence-electron chi connectivity index (χ4n) is 1.90. The van der Waals surface area contributed by atoms with Gasteiger partial charge in [-0.3, -0.25) is 0 Å². The minimum Gasteiger partial charge on any atom is -0.312 e. The van der Waals surface area contributed by atoms with E-state index in [1.54, 1.807) is 17.4 Å². The van der Waals surface area contributed by atoms with Gasteiger partial charge in [-0.15, -0.1) is 11.3 Å². The third kappa shape index (κ3) is 6.46. The molecule has 0 bridgehead atoms. The zero-order valence-electron chi connectivity index (χ0n) is 13.7. The van der Waals surface area contributed by atoms with Crippen LogP contribution in [0.5, 0.6) is 0 Å². The summed E-state index contributed by atoms with van der Waals surface area (Å²) in [6.07, 6.45) is 1.89. The monoisotopic (exact) mass is 332 g/mol. The van der Waals surface area contributed by atoms with Gasteiger partial charge < -0.3 is 5.32 Å². The van der Waals surface area contributed by atoms with E-state index in [1.165, 1.54) is 0 Å². The van der Waals surface area contributed by atoms with Crippen LogP contribution in [0.2, 0.25) is 0 Å². The van der Waals surface area contributed by atoms with Crippen LogP contribution >= 0.6 is 11.3 Å². The molecule has 0 radical (unpaired) electrons. The molecule has 0 fully saturated rings. The van der Waals surface area contributed by atoms with Crippen molar-refractivity contribution in [1.82, 2.24) is 10.0 Å². The van der Waals surface area contributed by atoms with Crippen LogP contribution < -0.4 is 10.0 Å². The zero-order valence-corrected chi connectivity index (χ0v) is 15.4. The lowest BCUT2D eigenvalue weighted by molar-refractivity contribution is 0.378. The van der Waals surface area contributed by atoms with Crippen molar-refractivity contribution in [1.29, 1.82) is 0 Å². The lowest BCUT2D eigenvalue weighted by Gasteiger charge is -2.18. The molecule has 1 aromatic heterocycles. The molecule has 0 aliphatic carbocycles. The van der Waals surface area contributed by atoms with Gasteiger partial charge in [0.2, 0.25) is 10.0 Å². The predicted octanol–water partition coefficient (Wildman–Crippen LogP) is 3.27. The van der Waals surface area contributed by atoms with Crippen molar-refractivity contribution >= 4 is 21.4 Å². The van der Waals surface area contributed by atoms with E-state index >= 15 is 0 Å². The minimum atomic E-state index is -3.39. The summed E-state index contributed by atoms with van der Waals surface area (Å²) in [5.74, 6) is 0. The molecule has 0 atom stereocenters. The summed E-state index contributed by atoms with van der Waals surface area (Å²) in [6.45, 7) is 12.5. The lowest BCUT2D eigenvalue weighted by atomic mass is 9.93. The number of rotatable bonds is 8.